The number of Topliss-reactive ketones (excluding diaryl/α,β-unsaturated/α-hetero) is 1. The minimum Gasteiger partial charge on any atom is -0.462 e. The Hall–Kier alpha value is -1.42. The van der Waals surface area contributed by atoms with Crippen LogP contribution < -0.4 is 0 Å². The standard InChI is InChI=1S/C27H40O4/c1-16-12-21(30)19(13-20(16)29)18-8-9-23-26(5,14-18)15-22(31-17(2)28)24-25(3,4)10-7-11-27(23,24)6/h8,12,19,21-24,30H,7,9-11,13-15H2,1-6H3/t19-,21-,22-,23+,24+,26-,27-/m1/s1. The maximum absolute atomic E-state index is 12.4. The van der Waals surface area contributed by atoms with E-state index in [1.165, 1.54) is 31.8 Å². The maximum Gasteiger partial charge on any atom is 0.302 e. The average molecular weight is 429 g/mol. The van der Waals surface area contributed by atoms with E-state index in [2.05, 4.69) is 33.8 Å². The first-order valence-corrected chi connectivity index (χ1v) is 12.1. The van der Waals surface area contributed by atoms with Crippen molar-refractivity contribution in [3.8, 4) is 0 Å². The van der Waals surface area contributed by atoms with Gasteiger partial charge in [-0.15, -0.1) is 0 Å². The van der Waals surface area contributed by atoms with Crippen molar-refractivity contribution in [2.75, 3.05) is 0 Å². The fourth-order valence-electron chi connectivity index (χ4n) is 8.42. The van der Waals surface area contributed by atoms with Gasteiger partial charge < -0.3 is 9.84 Å². The van der Waals surface area contributed by atoms with Gasteiger partial charge in [-0.3, -0.25) is 9.59 Å². The maximum atomic E-state index is 12.4. The molecule has 0 bridgehead atoms. The summed E-state index contributed by atoms with van der Waals surface area (Å²) in [6, 6.07) is 0. The second-order valence-corrected chi connectivity index (χ2v) is 12.1. The lowest BCUT2D eigenvalue weighted by molar-refractivity contribution is -0.205. The number of rotatable bonds is 2. The molecule has 0 aliphatic heterocycles. The van der Waals surface area contributed by atoms with Crippen molar-refractivity contribution in [2.24, 2.45) is 34.0 Å². The van der Waals surface area contributed by atoms with Crippen molar-refractivity contribution in [3.05, 3.63) is 23.3 Å². The Morgan fingerprint density at radius 2 is 1.90 bits per heavy atom. The van der Waals surface area contributed by atoms with E-state index in [1.54, 1.807) is 13.0 Å². The molecule has 4 nitrogen and oxygen atoms in total. The van der Waals surface area contributed by atoms with Crippen LogP contribution in [-0.2, 0) is 14.3 Å². The number of fused-ring (bicyclic) bond motifs is 3. The molecule has 4 aliphatic rings. The van der Waals surface area contributed by atoms with Crippen molar-refractivity contribution < 1.29 is 19.4 Å². The average Bonchev–Trinajstić information content (AvgIpc) is 2.62. The van der Waals surface area contributed by atoms with Gasteiger partial charge in [0.1, 0.15) is 6.10 Å². The summed E-state index contributed by atoms with van der Waals surface area (Å²) in [5, 5.41) is 10.7. The molecule has 2 saturated carbocycles. The van der Waals surface area contributed by atoms with Crippen LogP contribution in [0.3, 0.4) is 0 Å². The third-order valence-corrected chi connectivity index (χ3v) is 9.46. The molecule has 31 heavy (non-hydrogen) atoms. The Morgan fingerprint density at radius 3 is 2.58 bits per heavy atom. The Morgan fingerprint density at radius 1 is 1.19 bits per heavy atom. The number of ether oxygens (including phenoxy) is 1. The minimum absolute atomic E-state index is 0.00183. The zero-order chi connectivity index (χ0) is 22.8. The van der Waals surface area contributed by atoms with Crippen LogP contribution >= 0.6 is 0 Å². The molecule has 2 fully saturated rings. The van der Waals surface area contributed by atoms with Crippen LogP contribution in [0.1, 0.15) is 86.5 Å². The van der Waals surface area contributed by atoms with Gasteiger partial charge in [0.05, 0.1) is 6.10 Å². The number of hydrogen-bond donors (Lipinski definition) is 1. The monoisotopic (exact) mass is 428 g/mol. The molecule has 0 aromatic heterocycles. The first kappa shape index (κ1) is 22.8. The predicted octanol–water partition coefficient (Wildman–Crippen LogP) is 5.39. The molecule has 4 rings (SSSR count). The highest BCUT2D eigenvalue weighted by Crippen LogP contribution is 2.68. The van der Waals surface area contributed by atoms with Crippen LogP contribution in [0, 0.1) is 34.0 Å². The quantitative estimate of drug-likeness (QED) is 0.473. The summed E-state index contributed by atoms with van der Waals surface area (Å²) in [6.45, 7) is 12.9. The van der Waals surface area contributed by atoms with E-state index in [4.69, 9.17) is 4.74 Å². The van der Waals surface area contributed by atoms with E-state index in [-0.39, 0.29) is 40.0 Å². The molecule has 0 aromatic rings. The van der Waals surface area contributed by atoms with Crippen LogP contribution in [0.4, 0.5) is 0 Å². The molecule has 0 amide bonds. The number of hydrogen-bond acceptors (Lipinski definition) is 4. The number of ketones is 1. The molecular formula is C27H40O4. The molecule has 0 unspecified atom stereocenters. The van der Waals surface area contributed by atoms with Crippen molar-refractivity contribution in [1.82, 2.24) is 0 Å². The number of allylic oxidation sites excluding steroid dienone is 2. The summed E-state index contributed by atoms with van der Waals surface area (Å²) < 4.78 is 6.04. The molecule has 172 valence electrons. The summed E-state index contributed by atoms with van der Waals surface area (Å²) in [5.74, 6) is 0.726. The molecule has 0 radical (unpaired) electrons. The second-order valence-electron chi connectivity index (χ2n) is 12.1. The van der Waals surface area contributed by atoms with Gasteiger partial charge in [0.15, 0.2) is 5.78 Å². The zero-order valence-corrected chi connectivity index (χ0v) is 20.2. The Balaban J connectivity index is 1.70. The number of aliphatic hydroxyl groups is 1. The highest BCUT2D eigenvalue weighted by molar-refractivity contribution is 5.96. The van der Waals surface area contributed by atoms with Crippen molar-refractivity contribution in [2.45, 2.75) is 98.7 Å². The molecule has 4 aliphatic carbocycles. The van der Waals surface area contributed by atoms with Crippen LogP contribution in [0.5, 0.6) is 0 Å². The number of aliphatic hydroxyl groups excluding tert-OH is 1. The summed E-state index contributed by atoms with van der Waals surface area (Å²) in [7, 11) is 0. The Kier molecular flexibility index (Phi) is 5.56. The topological polar surface area (TPSA) is 63.6 Å². The van der Waals surface area contributed by atoms with Crippen molar-refractivity contribution in [3.63, 3.8) is 0 Å². The third-order valence-electron chi connectivity index (χ3n) is 9.46. The molecule has 0 heterocycles. The molecule has 0 saturated heterocycles. The SMILES string of the molecule is CC(=O)O[C@@H]1C[C@@]2(C)CC([C@H]3CC(=O)C(C)=C[C@H]3O)=CC[C@@H]2[C@@]2(C)CCCC(C)(C)[C@H]12. The van der Waals surface area contributed by atoms with Crippen molar-refractivity contribution in [1.29, 1.82) is 0 Å². The van der Waals surface area contributed by atoms with E-state index in [0.717, 1.165) is 19.3 Å². The fourth-order valence-corrected chi connectivity index (χ4v) is 8.42. The summed E-state index contributed by atoms with van der Waals surface area (Å²) >= 11 is 0. The van der Waals surface area contributed by atoms with Gasteiger partial charge in [0.25, 0.3) is 0 Å². The van der Waals surface area contributed by atoms with Gasteiger partial charge in [-0.25, -0.2) is 0 Å². The highest BCUT2D eigenvalue weighted by Gasteiger charge is 2.63. The van der Waals surface area contributed by atoms with E-state index in [9.17, 15) is 14.7 Å². The lowest BCUT2D eigenvalue weighted by Crippen LogP contribution is -2.61. The number of esters is 1. The molecule has 0 aromatic carbocycles. The van der Waals surface area contributed by atoms with E-state index >= 15 is 0 Å². The second kappa shape index (κ2) is 7.57. The lowest BCUT2D eigenvalue weighted by atomic mass is 9.40. The minimum atomic E-state index is -0.589. The zero-order valence-electron chi connectivity index (χ0n) is 20.2. The Bertz CT molecular complexity index is 836. The normalized spacial score (nSPS) is 44.5. The first-order valence-electron chi connectivity index (χ1n) is 12.1. The molecule has 1 N–H and O–H groups in total. The molecule has 0 spiro atoms. The largest absolute Gasteiger partial charge is 0.462 e. The van der Waals surface area contributed by atoms with Gasteiger partial charge in [0.2, 0.25) is 0 Å². The lowest BCUT2D eigenvalue weighted by Gasteiger charge is -2.65. The van der Waals surface area contributed by atoms with Crippen molar-refractivity contribution >= 4 is 11.8 Å². The molecular weight excluding hydrogens is 388 g/mol. The van der Waals surface area contributed by atoms with E-state index < -0.39 is 6.10 Å². The van der Waals surface area contributed by atoms with Gasteiger partial charge >= 0.3 is 5.97 Å². The Labute approximate surface area is 187 Å². The predicted molar refractivity (Wildman–Crippen MR) is 121 cm³/mol. The van der Waals surface area contributed by atoms with Crippen LogP contribution in [0.15, 0.2) is 23.3 Å². The first-order chi connectivity index (χ1) is 14.4. The highest BCUT2D eigenvalue weighted by atomic mass is 16.5. The summed E-state index contributed by atoms with van der Waals surface area (Å²) in [5.41, 5.74) is 2.17. The van der Waals surface area contributed by atoms with E-state index in [1.807, 2.05) is 0 Å². The number of carbonyl (C=O) groups is 2. The summed E-state index contributed by atoms with van der Waals surface area (Å²) in [6.07, 6.45) is 10.1. The van der Waals surface area contributed by atoms with Gasteiger partial charge in [0, 0.05) is 25.2 Å². The third kappa shape index (κ3) is 3.73. The summed E-state index contributed by atoms with van der Waals surface area (Å²) in [4.78, 5) is 24.5. The smallest absolute Gasteiger partial charge is 0.302 e. The van der Waals surface area contributed by atoms with Crippen LogP contribution in [0.2, 0.25) is 0 Å². The van der Waals surface area contributed by atoms with Gasteiger partial charge in [-0.05, 0) is 72.8 Å². The van der Waals surface area contributed by atoms with Gasteiger partial charge in [-0.2, -0.15) is 0 Å². The van der Waals surface area contributed by atoms with Crippen LogP contribution in [0.25, 0.3) is 0 Å². The van der Waals surface area contributed by atoms with E-state index in [0.29, 0.717) is 23.8 Å². The number of carbonyl (C=O) groups excluding carboxylic acids is 2. The van der Waals surface area contributed by atoms with Crippen LogP contribution in [-0.4, -0.2) is 29.1 Å². The fraction of sp³-hybridized carbons (Fsp3) is 0.778. The molecule has 4 heteroatoms. The molecule has 7 atom stereocenters. The van der Waals surface area contributed by atoms with Gasteiger partial charge in [-0.1, -0.05) is 45.8 Å².